The molecule has 0 spiro atoms. The molecule has 2 aromatic heterocycles. The fourth-order valence-electron chi connectivity index (χ4n) is 1.70. The first-order chi connectivity index (χ1) is 9.27. The summed E-state index contributed by atoms with van der Waals surface area (Å²) in [6.07, 6.45) is 1.42. The molecule has 104 valence electrons. The van der Waals surface area contributed by atoms with Gasteiger partial charge in [-0.25, -0.2) is 9.97 Å². The molecule has 2 aromatic rings. The van der Waals surface area contributed by atoms with Crippen molar-refractivity contribution in [2.45, 2.75) is 6.54 Å². The van der Waals surface area contributed by atoms with E-state index in [0.717, 1.165) is 0 Å². The van der Waals surface area contributed by atoms with Gasteiger partial charge in [-0.1, -0.05) is 0 Å². The Hall–Kier alpha value is -1.93. The summed E-state index contributed by atoms with van der Waals surface area (Å²) in [5, 5.41) is 0. The van der Waals surface area contributed by atoms with Gasteiger partial charge in [0.2, 0.25) is 11.8 Å². The van der Waals surface area contributed by atoms with E-state index >= 15 is 0 Å². The van der Waals surface area contributed by atoms with Gasteiger partial charge in [-0.05, 0) is 0 Å². The van der Waals surface area contributed by atoms with Crippen LogP contribution in [0.1, 0.15) is 0 Å². The molecule has 0 aliphatic heterocycles. The van der Waals surface area contributed by atoms with Crippen molar-refractivity contribution in [2.75, 3.05) is 39.8 Å². The van der Waals surface area contributed by atoms with Crippen LogP contribution in [0.15, 0.2) is 6.33 Å². The Morgan fingerprint density at radius 3 is 2.79 bits per heavy atom. The number of rotatable bonds is 7. The van der Waals surface area contributed by atoms with Crippen molar-refractivity contribution < 1.29 is 14.2 Å². The van der Waals surface area contributed by atoms with Gasteiger partial charge >= 0.3 is 0 Å². The molecule has 0 radical (unpaired) electrons. The molecule has 0 saturated carbocycles. The number of imidazole rings is 1. The van der Waals surface area contributed by atoms with Crippen molar-refractivity contribution in [3.8, 4) is 5.88 Å². The number of aromatic nitrogens is 4. The zero-order valence-electron chi connectivity index (χ0n) is 11.0. The van der Waals surface area contributed by atoms with Crippen molar-refractivity contribution in [2.24, 2.45) is 0 Å². The zero-order valence-corrected chi connectivity index (χ0v) is 11.0. The van der Waals surface area contributed by atoms with E-state index in [4.69, 9.17) is 19.9 Å². The topological polar surface area (TPSA) is 97.3 Å². The van der Waals surface area contributed by atoms with Gasteiger partial charge in [-0.15, -0.1) is 0 Å². The minimum Gasteiger partial charge on any atom is -0.479 e. The molecule has 0 atom stereocenters. The number of nitrogens with zero attached hydrogens (tertiary/aromatic N) is 4. The molecule has 0 aromatic carbocycles. The zero-order chi connectivity index (χ0) is 13.7. The van der Waals surface area contributed by atoms with E-state index in [2.05, 4.69) is 15.0 Å². The van der Waals surface area contributed by atoms with E-state index in [0.29, 0.717) is 49.4 Å². The summed E-state index contributed by atoms with van der Waals surface area (Å²) in [6, 6.07) is 0. The van der Waals surface area contributed by atoms with Gasteiger partial charge in [0, 0.05) is 7.11 Å². The monoisotopic (exact) mass is 267 g/mol. The Bertz CT molecular complexity index is 542. The number of hydrogen-bond donors (Lipinski definition) is 1. The van der Waals surface area contributed by atoms with Crippen LogP contribution in [0.2, 0.25) is 0 Å². The molecule has 0 saturated heterocycles. The molecule has 0 bridgehead atoms. The van der Waals surface area contributed by atoms with Crippen LogP contribution in [0.25, 0.3) is 11.2 Å². The predicted octanol–water partition coefficient (Wildman–Crippen LogP) is 0.0801. The first kappa shape index (κ1) is 13.5. The molecule has 2 N–H and O–H groups in total. The first-order valence-corrected chi connectivity index (χ1v) is 5.85. The van der Waals surface area contributed by atoms with Gasteiger partial charge in [0.15, 0.2) is 11.2 Å². The van der Waals surface area contributed by atoms with Crippen molar-refractivity contribution in [3.05, 3.63) is 6.33 Å². The van der Waals surface area contributed by atoms with Gasteiger partial charge in [0.05, 0.1) is 33.5 Å². The van der Waals surface area contributed by atoms with Crippen molar-refractivity contribution in [1.29, 1.82) is 0 Å². The maximum atomic E-state index is 5.87. The normalized spacial score (nSPS) is 11.1. The summed E-state index contributed by atoms with van der Waals surface area (Å²) >= 11 is 0. The lowest BCUT2D eigenvalue weighted by molar-refractivity contribution is 0.0671. The molecule has 2 rings (SSSR count). The van der Waals surface area contributed by atoms with Crippen molar-refractivity contribution in [1.82, 2.24) is 19.5 Å². The Morgan fingerprint density at radius 2 is 2.05 bits per heavy atom. The minimum absolute atomic E-state index is 0.365. The van der Waals surface area contributed by atoms with E-state index in [1.807, 2.05) is 0 Å². The average molecular weight is 267 g/mol. The largest absolute Gasteiger partial charge is 0.479 e. The molecular weight excluding hydrogens is 250 g/mol. The number of nitrogen functional groups attached to an aromatic ring is 1. The predicted molar refractivity (Wildman–Crippen MR) is 69.0 cm³/mol. The molecule has 0 aliphatic carbocycles. The smallest absolute Gasteiger partial charge is 0.245 e. The van der Waals surface area contributed by atoms with Crippen molar-refractivity contribution in [3.63, 3.8) is 0 Å². The van der Waals surface area contributed by atoms with Crippen molar-refractivity contribution >= 4 is 17.1 Å². The van der Waals surface area contributed by atoms with E-state index in [1.54, 1.807) is 11.7 Å². The third kappa shape index (κ3) is 2.91. The lowest BCUT2D eigenvalue weighted by atomic mass is 10.5. The number of fused-ring (bicyclic) bond motifs is 1. The molecule has 19 heavy (non-hydrogen) atoms. The third-order valence-electron chi connectivity index (χ3n) is 2.61. The summed E-state index contributed by atoms with van der Waals surface area (Å²) in [7, 11) is 3.17. The molecule has 2 heterocycles. The summed E-state index contributed by atoms with van der Waals surface area (Å²) < 4.78 is 17.2. The highest BCUT2D eigenvalue weighted by atomic mass is 16.5. The highest BCUT2D eigenvalue weighted by molar-refractivity contribution is 5.78. The Kier molecular flexibility index (Phi) is 4.48. The molecular formula is C11H17N5O3. The highest BCUT2D eigenvalue weighted by Crippen LogP contribution is 2.22. The van der Waals surface area contributed by atoms with Crippen LogP contribution in [-0.2, 0) is 16.0 Å². The van der Waals surface area contributed by atoms with Crippen LogP contribution in [-0.4, -0.2) is 53.6 Å². The fourth-order valence-corrected chi connectivity index (χ4v) is 1.70. The Labute approximate surface area is 110 Å². The summed E-state index contributed by atoms with van der Waals surface area (Å²) in [5.41, 5.74) is 7.06. The Morgan fingerprint density at radius 1 is 1.21 bits per heavy atom. The van der Waals surface area contributed by atoms with Gasteiger partial charge in [0.25, 0.3) is 0 Å². The van der Waals surface area contributed by atoms with Gasteiger partial charge in [-0.3, -0.25) is 4.57 Å². The summed E-state index contributed by atoms with van der Waals surface area (Å²) in [5.74, 6) is 0.778. The van der Waals surface area contributed by atoms with Crippen LogP contribution in [0.3, 0.4) is 0 Å². The second kappa shape index (κ2) is 6.30. The standard InChI is InChI=1S/C11H17N5O3/c1-17-5-6-19-4-3-16-9-8(15-11(16)12)10(18-2)14-7-13-9/h7H,3-6H2,1-2H3,(H2,12,15). The van der Waals surface area contributed by atoms with E-state index in [9.17, 15) is 0 Å². The van der Waals surface area contributed by atoms with Gasteiger partial charge in [0.1, 0.15) is 6.33 Å². The number of ether oxygens (including phenoxy) is 3. The molecule has 8 nitrogen and oxygen atoms in total. The molecule has 0 amide bonds. The number of anilines is 1. The van der Waals surface area contributed by atoms with Crippen LogP contribution in [0.5, 0.6) is 5.88 Å². The maximum Gasteiger partial charge on any atom is 0.245 e. The second-order valence-electron chi connectivity index (χ2n) is 3.78. The lowest BCUT2D eigenvalue weighted by Crippen LogP contribution is -2.11. The number of hydrogen-bond acceptors (Lipinski definition) is 7. The summed E-state index contributed by atoms with van der Waals surface area (Å²) in [4.78, 5) is 12.4. The van der Waals surface area contributed by atoms with Crippen LogP contribution >= 0.6 is 0 Å². The second-order valence-corrected chi connectivity index (χ2v) is 3.78. The summed E-state index contributed by atoms with van der Waals surface area (Å²) in [6.45, 7) is 2.18. The van der Waals surface area contributed by atoms with Crippen LogP contribution in [0, 0.1) is 0 Å². The highest BCUT2D eigenvalue weighted by Gasteiger charge is 2.14. The van der Waals surface area contributed by atoms with Crippen LogP contribution < -0.4 is 10.5 Å². The first-order valence-electron chi connectivity index (χ1n) is 5.85. The van der Waals surface area contributed by atoms with E-state index in [-0.39, 0.29) is 0 Å². The third-order valence-corrected chi connectivity index (χ3v) is 2.61. The van der Waals surface area contributed by atoms with Gasteiger partial charge < -0.3 is 19.9 Å². The molecule has 0 unspecified atom stereocenters. The van der Waals surface area contributed by atoms with E-state index in [1.165, 1.54) is 13.4 Å². The fraction of sp³-hybridized carbons (Fsp3) is 0.545. The Balaban J connectivity index is 2.12. The molecule has 8 heteroatoms. The average Bonchev–Trinajstić information content (AvgIpc) is 2.74. The molecule has 0 fully saturated rings. The van der Waals surface area contributed by atoms with Crippen LogP contribution in [0.4, 0.5) is 5.95 Å². The lowest BCUT2D eigenvalue weighted by Gasteiger charge is -2.06. The van der Waals surface area contributed by atoms with E-state index < -0.39 is 0 Å². The maximum absolute atomic E-state index is 5.87. The SMILES string of the molecule is COCCOCCn1c(N)nc2c(OC)ncnc21. The van der Waals surface area contributed by atoms with Gasteiger partial charge in [-0.2, -0.15) is 4.98 Å². The molecule has 0 aliphatic rings. The number of methoxy groups -OCH3 is 2. The number of nitrogens with two attached hydrogens (primary N) is 1. The minimum atomic E-state index is 0.365. The quantitative estimate of drug-likeness (QED) is 0.709.